The van der Waals surface area contributed by atoms with Gasteiger partial charge in [0.1, 0.15) is 0 Å². The quantitative estimate of drug-likeness (QED) is 0.210. The van der Waals surface area contributed by atoms with Crippen LogP contribution in [0.4, 0.5) is 0 Å². The van der Waals surface area contributed by atoms with Crippen LogP contribution in [0.3, 0.4) is 0 Å². The normalized spacial score (nSPS) is 19.6. The summed E-state index contributed by atoms with van der Waals surface area (Å²) in [6, 6.07) is 8.72. The van der Waals surface area contributed by atoms with Crippen molar-refractivity contribution in [2.75, 3.05) is 59.1 Å². The van der Waals surface area contributed by atoms with Gasteiger partial charge >= 0.3 is 0 Å². The maximum Gasteiger partial charge on any atom is 0.191 e. The molecule has 0 radical (unpaired) electrons. The summed E-state index contributed by atoms with van der Waals surface area (Å²) < 4.78 is 11.6. The average Bonchev–Trinajstić information content (AvgIpc) is 2.77. The Morgan fingerprint density at radius 1 is 1.20 bits per heavy atom. The van der Waals surface area contributed by atoms with Crippen molar-refractivity contribution in [3.63, 3.8) is 0 Å². The summed E-state index contributed by atoms with van der Waals surface area (Å²) in [7, 11) is 0. The van der Waals surface area contributed by atoms with Crippen molar-refractivity contribution in [1.82, 2.24) is 15.5 Å². The molecular weight excluding hydrogens is 491 g/mol. The number of nitrogens with zero attached hydrogens (tertiary/aromatic N) is 2. The van der Waals surface area contributed by atoms with Gasteiger partial charge in [0.15, 0.2) is 5.96 Å². The molecule has 1 aromatic rings. The molecule has 1 aliphatic heterocycles. The second-order valence-corrected chi connectivity index (χ2v) is 7.80. The molecule has 1 saturated heterocycles. The zero-order chi connectivity index (χ0) is 20.2. The van der Waals surface area contributed by atoms with Crippen LogP contribution >= 0.6 is 24.0 Å². The Bertz CT molecular complexity index is 623. The Hall–Kier alpha value is -0.900. The van der Waals surface area contributed by atoms with Gasteiger partial charge in [-0.3, -0.25) is 9.89 Å². The molecule has 1 heterocycles. The van der Waals surface area contributed by atoms with E-state index in [1.54, 1.807) is 0 Å². The van der Waals surface area contributed by atoms with Gasteiger partial charge in [-0.15, -0.1) is 24.0 Å². The summed E-state index contributed by atoms with van der Waals surface area (Å²) in [5.74, 6) is 0.914. The van der Waals surface area contributed by atoms with Crippen LogP contribution in [0.1, 0.15) is 49.8 Å². The van der Waals surface area contributed by atoms with Crippen molar-refractivity contribution in [2.24, 2.45) is 4.99 Å². The average molecular weight is 530 g/mol. The Kier molecular flexibility index (Phi) is 12.7. The second-order valence-electron chi connectivity index (χ2n) is 7.80. The first kappa shape index (κ1) is 25.4. The Labute approximate surface area is 199 Å². The molecule has 1 unspecified atom stereocenters. The number of hydrogen-bond donors (Lipinski definition) is 2. The van der Waals surface area contributed by atoms with Gasteiger partial charge in [0, 0.05) is 39.3 Å². The zero-order valence-electron chi connectivity index (χ0n) is 18.4. The second kappa shape index (κ2) is 15.0. The van der Waals surface area contributed by atoms with E-state index in [-0.39, 0.29) is 30.1 Å². The van der Waals surface area contributed by atoms with Crippen molar-refractivity contribution < 1.29 is 9.47 Å². The van der Waals surface area contributed by atoms with Gasteiger partial charge in [0.05, 0.1) is 19.3 Å². The Balaban J connectivity index is 0.00000320. The Morgan fingerprint density at radius 3 is 2.87 bits per heavy atom. The van der Waals surface area contributed by atoms with Gasteiger partial charge in [-0.2, -0.15) is 0 Å². The lowest BCUT2D eigenvalue weighted by Gasteiger charge is -2.26. The summed E-state index contributed by atoms with van der Waals surface area (Å²) in [4.78, 5) is 7.17. The van der Waals surface area contributed by atoms with Crippen molar-refractivity contribution in [3.8, 4) is 0 Å². The number of rotatable bonds is 10. The number of guanidine groups is 1. The minimum atomic E-state index is 0. The van der Waals surface area contributed by atoms with E-state index in [0.29, 0.717) is 0 Å². The van der Waals surface area contributed by atoms with Crippen LogP contribution in [-0.2, 0) is 15.9 Å². The van der Waals surface area contributed by atoms with E-state index < -0.39 is 0 Å². The molecule has 2 aliphatic rings. The zero-order valence-corrected chi connectivity index (χ0v) is 20.7. The summed E-state index contributed by atoms with van der Waals surface area (Å²) in [5.41, 5.74) is 2.84. The van der Waals surface area contributed by atoms with Crippen LogP contribution in [-0.4, -0.2) is 69.9 Å². The third-order valence-corrected chi connectivity index (χ3v) is 5.60. The maximum atomic E-state index is 6.19. The number of halogens is 1. The Morgan fingerprint density at radius 2 is 2.03 bits per heavy atom. The predicted octanol–water partition coefficient (Wildman–Crippen LogP) is 3.37. The molecule has 0 amide bonds. The molecule has 0 aromatic heterocycles. The standard InChI is InChI=1S/C23H38N4O2.HI/c1-2-24-23(25-12-6-14-27-15-18-28-19-16-27)26-13-7-17-29-22-11-5-9-20-8-3-4-10-21(20)22;/h3-4,8,10,22H,2,5-7,9,11-19H2,1H3,(H2,24,25,26);1H. The molecule has 0 bridgehead atoms. The lowest BCUT2D eigenvalue weighted by Crippen LogP contribution is -2.40. The molecule has 1 fully saturated rings. The van der Waals surface area contributed by atoms with Gasteiger partial charge in [-0.25, -0.2) is 0 Å². The van der Waals surface area contributed by atoms with Crippen LogP contribution in [0.15, 0.2) is 29.3 Å². The number of morpholine rings is 1. The van der Waals surface area contributed by atoms with Gasteiger partial charge in [0.25, 0.3) is 0 Å². The summed E-state index contributed by atoms with van der Waals surface area (Å²) in [6.45, 7) is 10.4. The topological polar surface area (TPSA) is 58.1 Å². The monoisotopic (exact) mass is 530 g/mol. The highest BCUT2D eigenvalue weighted by atomic mass is 127. The summed E-state index contributed by atoms with van der Waals surface area (Å²) in [5, 5.41) is 6.79. The van der Waals surface area contributed by atoms with Crippen LogP contribution in [0.25, 0.3) is 0 Å². The SMILES string of the molecule is CCNC(=NCCCOC1CCCc2ccccc21)NCCCN1CCOCC1.I. The fourth-order valence-electron chi connectivity index (χ4n) is 4.04. The maximum absolute atomic E-state index is 6.19. The predicted molar refractivity (Wildman–Crippen MR) is 134 cm³/mol. The van der Waals surface area contributed by atoms with E-state index in [2.05, 4.69) is 46.7 Å². The highest BCUT2D eigenvalue weighted by Gasteiger charge is 2.19. The molecule has 1 aromatic carbocycles. The van der Waals surface area contributed by atoms with Crippen LogP contribution in [0.2, 0.25) is 0 Å². The van der Waals surface area contributed by atoms with E-state index in [1.165, 1.54) is 24.0 Å². The van der Waals surface area contributed by atoms with Gasteiger partial charge in [0.2, 0.25) is 0 Å². The first-order valence-corrected chi connectivity index (χ1v) is 11.4. The highest BCUT2D eigenvalue weighted by Crippen LogP contribution is 2.32. The molecule has 3 rings (SSSR count). The van der Waals surface area contributed by atoms with Gasteiger partial charge in [-0.05, 0) is 56.7 Å². The number of fused-ring (bicyclic) bond motifs is 1. The third kappa shape index (κ3) is 8.69. The molecule has 1 atom stereocenters. The number of ether oxygens (including phenoxy) is 2. The van der Waals surface area contributed by atoms with E-state index >= 15 is 0 Å². The van der Waals surface area contributed by atoms with Crippen molar-refractivity contribution in [3.05, 3.63) is 35.4 Å². The number of aryl methyl sites for hydroxylation is 1. The van der Waals surface area contributed by atoms with Crippen LogP contribution < -0.4 is 10.6 Å². The smallest absolute Gasteiger partial charge is 0.191 e. The lowest BCUT2D eigenvalue weighted by molar-refractivity contribution is 0.0375. The van der Waals surface area contributed by atoms with E-state index in [9.17, 15) is 0 Å². The van der Waals surface area contributed by atoms with Gasteiger partial charge < -0.3 is 20.1 Å². The van der Waals surface area contributed by atoms with Crippen molar-refractivity contribution in [2.45, 2.75) is 45.1 Å². The molecule has 0 saturated carbocycles. The van der Waals surface area contributed by atoms with Crippen LogP contribution in [0, 0.1) is 0 Å². The summed E-state index contributed by atoms with van der Waals surface area (Å²) in [6.07, 6.45) is 5.86. The lowest BCUT2D eigenvalue weighted by atomic mass is 9.89. The largest absolute Gasteiger partial charge is 0.379 e. The third-order valence-electron chi connectivity index (χ3n) is 5.60. The van der Waals surface area contributed by atoms with Crippen molar-refractivity contribution in [1.29, 1.82) is 0 Å². The minimum Gasteiger partial charge on any atom is -0.379 e. The number of benzene rings is 1. The van der Waals surface area contributed by atoms with E-state index in [1.807, 2.05) is 0 Å². The summed E-state index contributed by atoms with van der Waals surface area (Å²) >= 11 is 0. The van der Waals surface area contributed by atoms with Crippen molar-refractivity contribution >= 4 is 29.9 Å². The number of aliphatic imine (C=N–C) groups is 1. The molecule has 1 aliphatic carbocycles. The van der Waals surface area contributed by atoms with Crippen LogP contribution in [0.5, 0.6) is 0 Å². The van der Waals surface area contributed by atoms with Gasteiger partial charge in [-0.1, -0.05) is 24.3 Å². The first-order chi connectivity index (χ1) is 14.4. The molecule has 0 spiro atoms. The fourth-order valence-corrected chi connectivity index (χ4v) is 4.04. The molecule has 30 heavy (non-hydrogen) atoms. The molecule has 2 N–H and O–H groups in total. The van der Waals surface area contributed by atoms with E-state index in [0.717, 1.165) is 84.3 Å². The first-order valence-electron chi connectivity index (χ1n) is 11.4. The number of hydrogen-bond acceptors (Lipinski definition) is 4. The minimum absolute atomic E-state index is 0. The highest BCUT2D eigenvalue weighted by molar-refractivity contribution is 14.0. The van der Waals surface area contributed by atoms with E-state index in [4.69, 9.17) is 14.5 Å². The molecule has 6 nitrogen and oxygen atoms in total. The fraction of sp³-hybridized carbons (Fsp3) is 0.696. The molecule has 7 heteroatoms. The molecule has 170 valence electrons. The molecular formula is C23H39IN4O2. The number of nitrogens with one attached hydrogen (secondary N) is 2.